The number of fused-ring (bicyclic) bond motifs is 1. The van der Waals surface area contributed by atoms with Gasteiger partial charge in [0.15, 0.2) is 0 Å². The van der Waals surface area contributed by atoms with Gasteiger partial charge < -0.3 is 15.0 Å². The van der Waals surface area contributed by atoms with Crippen LogP contribution in [-0.2, 0) is 20.7 Å². The van der Waals surface area contributed by atoms with Crippen LogP contribution in [0.5, 0.6) is 0 Å². The van der Waals surface area contributed by atoms with Crippen molar-refractivity contribution in [2.75, 3.05) is 7.11 Å². The summed E-state index contributed by atoms with van der Waals surface area (Å²) in [6.45, 7) is 0. The molecule has 0 saturated heterocycles. The summed E-state index contributed by atoms with van der Waals surface area (Å²) in [5.41, 5.74) is 1.25. The van der Waals surface area contributed by atoms with E-state index in [4.69, 9.17) is 0 Å². The average molecular weight is 264 g/mol. The standard InChI is InChI=1S/C13H13FN2O3/c1-19-13(18)11(16-7-17)5-8-6-15-10-4-2-3-9(14)12(8)10/h2-4,6-7,11,15H,5H2,1H3,(H,16,17). The Morgan fingerprint density at radius 2 is 2.37 bits per heavy atom. The predicted octanol–water partition coefficient (Wildman–Crippen LogP) is 1.14. The fraction of sp³-hybridized carbons (Fsp3) is 0.231. The Bertz CT molecular complexity index is 609. The second-order valence-electron chi connectivity index (χ2n) is 4.04. The maximum atomic E-state index is 13.8. The van der Waals surface area contributed by atoms with Crippen molar-refractivity contribution in [3.8, 4) is 0 Å². The van der Waals surface area contributed by atoms with Crippen LogP contribution in [0.2, 0.25) is 0 Å². The molecule has 0 aliphatic carbocycles. The molecule has 5 nitrogen and oxygen atoms in total. The fourth-order valence-electron chi connectivity index (χ4n) is 2.02. The molecule has 0 aliphatic heterocycles. The molecule has 6 heteroatoms. The summed E-state index contributed by atoms with van der Waals surface area (Å²) >= 11 is 0. The first-order valence-electron chi connectivity index (χ1n) is 5.69. The molecule has 1 heterocycles. The van der Waals surface area contributed by atoms with E-state index in [1.807, 2.05) is 0 Å². The van der Waals surface area contributed by atoms with Crippen molar-refractivity contribution in [2.45, 2.75) is 12.5 Å². The Balaban J connectivity index is 2.33. The zero-order chi connectivity index (χ0) is 13.8. The summed E-state index contributed by atoms with van der Waals surface area (Å²) in [5.74, 6) is -0.943. The highest BCUT2D eigenvalue weighted by molar-refractivity contribution is 5.85. The van der Waals surface area contributed by atoms with Crippen LogP contribution in [0.15, 0.2) is 24.4 Å². The molecule has 2 rings (SSSR count). The molecule has 1 atom stereocenters. The number of methoxy groups -OCH3 is 1. The topological polar surface area (TPSA) is 71.2 Å². The number of hydrogen-bond acceptors (Lipinski definition) is 3. The third-order valence-electron chi connectivity index (χ3n) is 2.92. The van der Waals surface area contributed by atoms with Gasteiger partial charge in [-0.15, -0.1) is 0 Å². The van der Waals surface area contributed by atoms with Gasteiger partial charge in [0.05, 0.1) is 7.11 Å². The number of amides is 1. The summed E-state index contributed by atoms with van der Waals surface area (Å²) in [6.07, 6.45) is 2.20. The Kier molecular flexibility index (Phi) is 3.79. The zero-order valence-corrected chi connectivity index (χ0v) is 10.3. The first kappa shape index (κ1) is 13.1. The lowest BCUT2D eigenvalue weighted by atomic mass is 10.0. The van der Waals surface area contributed by atoms with Crippen LogP contribution in [0.4, 0.5) is 4.39 Å². The van der Waals surface area contributed by atoms with Gasteiger partial charge in [0.1, 0.15) is 11.9 Å². The summed E-state index contributed by atoms with van der Waals surface area (Å²) in [5, 5.41) is 2.78. The molecule has 0 spiro atoms. The van der Waals surface area contributed by atoms with Gasteiger partial charge >= 0.3 is 5.97 Å². The molecule has 1 unspecified atom stereocenters. The van der Waals surface area contributed by atoms with Crippen molar-refractivity contribution in [1.82, 2.24) is 10.3 Å². The largest absolute Gasteiger partial charge is 0.467 e. The molecule has 0 saturated carbocycles. The average Bonchev–Trinajstić information content (AvgIpc) is 2.82. The predicted molar refractivity (Wildman–Crippen MR) is 67.0 cm³/mol. The SMILES string of the molecule is COC(=O)C(Cc1c[nH]c2cccc(F)c12)NC=O. The van der Waals surface area contributed by atoms with Crippen molar-refractivity contribution < 1.29 is 18.7 Å². The van der Waals surface area contributed by atoms with Crippen LogP contribution < -0.4 is 5.32 Å². The highest BCUT2D eigenvalue weighted by Crippen LogP contribution is 2.22. The molecule has 2 aromatic rings. The van der Waals surface area contributed by atoms with Crippen molar-refractivity contribution in [3.63, 3.8) is 0 Å². The number of H-pyrrole nitrogens is 1. The molecule has 1 amide bonds. The number of benzene rings is 1. The zero-order valence-electron chi connectivity index (χ0n) is 10.3. The molecule has 0 radical (unpaired) electrons. The molecule has 2 N–H and O–H groups in total. The minimum atomic E-state index is -0.832. The number of rotatable bonds is 5. The van der Waals surface area contributed by atoms with E-state index in [9.17, 15) is 14.0 Å². The Labute approximate surface area is 108 Å². The fourth-order valence-corrected chi connectivity index (χ4v) is 2.02. The molecule has 100 valence electrons. The minimum Gasteiger partial charge on any atom is -0.467 e. The van der Waals surface area contributed by atoms with E-state index in [1.165, 1.54) is 13.2 Å². The molecule has 1 aromatic carbocycles. The second-order valence-corrected chi connectivity index (χ2v) is 4.04. The van der Waals surface area contributed by atoms with Crippen LogP contribution >= 0.6 is 0 Å². The number of carbonyl (C=O) groups excluding carboxylic acids is 2. The Morgan fingerprint density at radius 3 is 3.05 bits per heavy atom. The van der Waals surface area contributed by atoms with Crippen LogP contribution in [0.25, 0.3) is 10.9 Å². The number of hydrogen-bond donors (Lipinski definition) is 2. The van der Waals surface area contributed by atoms with E-state index < -0.39 is 12.0 Å². The first-order chi connectivity index (χ1) is 9.17. The van der Waals surface area contributed by atoms with Gasteiger partial charge in [0.25, 0.3) is 0 Å². The van der Waals surface area contributed by atoms with Crippen LogP contribution in [0.1, 0.15) is 5.56 Å². The van der Waals surface area contributed by atoms with Gasteiger partial charge in [-0.3, -0.25) is 4.79 Å². The highest BCUT2D eigenvalue weighted by atomic mass is 19.1. The van der Waals surface area contributed by atoms with Gasteiger partial charge in [0.2, 0.25) is 6.41 Å². The van der Waals surface area contributed by atoms with Crippen molar-refractivity contribution in [2.24, 2.45) is 0 Å². The van der Waals surface area contributed by atoms with E-state index in [0.717, 1.165) is 0 Å². The first-order valence-corrected chi connectivity index (χ1v) is 5.69. The lowest BCUT2D eigenvalue weighted by Gasteiger charge is -2.12. The maximum Gasteiger partial charge on any atom is 0.328 e. The quantitative estimate of drug-likeness (QED) is 0.628. The van der Waals surface area contributed by atoms with Crippen molar-refractivity contribution in [1.29, 1.82) is 0 Å². The van der Waals surface area contributed by atoms with Gasteiger partial charge in [-0.2, -0.15) is 0 Å². The maximum absolute atomic E-state index is 13.8. The number of ether oxygens (including phenoxy) is 1. The molecular formula is C13H13FN2O3. The lowest BCUT2D eigenvalue weighted by molar-refractivity contribution is -0.144. The van der Waals surface area contributed by atoms with Gasteiger partial charge in [0, 0.05) is 23.5 Å². The third kappa shape index (κ3) is 2.57. The van der Waals surface area contributed by atoms with E-state index in [0.29, 0.717) is 22.9 Å². The molecule has 0 aliphatic rings. The summed E-state index contributed by atoms with van der Waals surface area (Å²) < 4.78 is 18.4. The smallest absolute Gasteiger partial charge is 0.328 e. The summed E-state index contributed by atoms with van der Waals surface area (Å²) in [7, 11) is 1.23. The number of nitrogens with one attached hydrogen (secondary N) is 2. The lowest BCUT2D eigenvalue weighted by Crippen LogP contribution is -2.38. The van der Waals surface area contributed by atoms with Gasteiger partial charge in [-0.1, -0.05) is 6.07 Å². The van der Waals surface area contributed by atoms with E-state index in [1.54, 1.807) is 18.3 Å². The minimum absolute atomic E-state index is 0.159. The number of aromatic amines is 1. The van der Waals surface area contributed by atoms with Crippen LogP contribution in [0.3, 0.4) is 0 Å². The molecule has 0 fully saturated rings. The molecule has 19 heavy (non-hydrogen) atoms. The summed E-state index contributed by atoms with van der Waals surface area (Å²) in [4.78, 5) is 24.9. The number of aromatic nitrogens is 1. The normalized spacial score (nSPS) is 12.1. The second kappa shape index (κ2) is 5.51. The van der Waals surface area contributed by atoms with E-state index >= 15 is 0 Å². The third-order valence-corrected chi connectivity index (χ3v) is 2.92. The van der Waals surface area contributed by atoms with Crippen LogP contribution in [-0.4, -0.2) is 30.5 Å². The van der Waals surface area contributed by atoms with Gasteiger partial charge in [-0.25, -0.2) is 9.18 Å². The molecular weight excluding hydrogens is 251 g/mol. The molecule has 0 bridgehead atoms. The van der Waals surface area contributed by atoms with Crippen LogP contribution in [0, 0.1) is 5.82 Å². The number of halogens is 1. The monoisotopic (exact) mass is 264 g/mol. The van der Waals surface area contributed by atoms with Crippen molar-refractivity contribution in [3.05, 3.63) is 35.8 Å². The summed E-state index contributed by atoms with van der Waals surface area (Å²) in [6, 6.07) is 3.85. The Hall–Kier alpha value is -2.37. The number of carbonyl (C=O) groups is 2. The van der Waals surface area contributed by atoms with E-state index in [2.05, 4.69) is 15.0 Å². The molecule has 1 aromatic heterocycles. The van der Waals surface area contributed by atoms with Gasteiger partial charge in [-0.05, 0) is 17.7 Å². The highest BCUT2D eigenvalue weighted by Gasteiger charge is 2.21. The Morgan fingerprint density at radius 1 is 1.58 bits per heavy atom. The number of esters is 1. The van der Waals surface area contributed by atoms with Crippen molar-refractivity contribution >= 4 is 23.3 Å². The van der Waals surface area contributed by atoms with E-state index in [-0.39, 0.29) is 12.2 Å².